The number of hydrogen-bond donors (Lipinski definition) is 0. The standard InChI is InChI=1S/C20H24N4/c1-3-17(2)23(16-19-9-12-21-13-10-19)15-18-5-7-20(8-6-18)24-14-4-11-22-24/h4-14,17H,3,15-16H2,1-2H3/t17-/m0/s1. The minimum Gasteiger partial charge on any atom is -0.292 e. The van der Waals surface area contributed by atoms with Crippen molar-refractivity contribution in [3.63, 3.8) is 0 Å². The molecule has 0 bridgehead atoms. The van der Waals surface area contributed by atoms with Crippen molar-refractivity contribution in [2.45, 2.75) is 39.4 Å². The molecule has 0 saturated carbocycles. The van der Waals surface area contributed by atoms with Crippen LogP contribution in [-0.2, 0) is 13.1 Å². The number of benzene rings is 1. The third kappa shape index (κ3) is 4.09. The lowest BCUT2D eigenvalue weighted by Crippen LogP contribution is -2.31. The summed E-state index contributed by atoms with van der Waals surface area (Å²) in [6, 6.07) is 15.3. The fraction of sp³-hybridized carbons (Fsp3) is 0.300. The second-order valence-electron chi connectivity index (χ2n) is 6.13. The minimum absolute atomic E-state index is 0.531. The summed E-state index contributed by atoms with van der Waals surface area (Å²) in [5, 5.41) is 4.27. The fourth-order valence-corrected chi connectivity index (χ4v) is 2.76. The zero-order valence-electron chi connectivity index (χ0n) is 14.3. The molecule has 0 aliphatic rings. The van der Waals surface area contributed by atoms with Crippen LogP contribution in [0.15, 0.2) is 67.3 Å². The van der Waals surface area contributed by atoms with Gasteiger partial charge in [-0.2, -0.15) is 5.10 Å². The van der Waals surface area contributed by atoms with Crippen molar-refractivity contribution < 1.29 is 0 Å². The maximum Gasteiger partial charge on any atom is 0.0645 e. The van der Waals surface area contributed by atoms with E-state index in [1.54, 1.807) is 6.20 Å². The van der Waals surface area contributed by atoms with Crippen molar-refractivity contribution in [3.05, 3.63) is 78.4 Å². The van der Waals surface area contributed by atoms with E-state index in [1.807, 2.05) is 29.3 Å². The fourth-order valence-electron chi connectivity index (χ4n) is 2.76. The van der Waals surface area contributed by atoms with E-state index in [4.69, 9.17) is 0 Å². The van der Waals surface area contributed by atoms with Crippen LogP contribution in [-0.4, -0.2) is 25.7 Å². The van der Waals surface area contributed by atoms with Crippen LogP contribution in [0.5, 0.6) is 0 Å². The van der Waals surface area contributed by atoms with Gasteiger partial charge in [-0.3, -0.25) is 9.88 Å². The highest BCUT2D eigenvalue weighted by Crippen LogP contribution is 2.16. The highest BCUT2D eigenvalue weighted by Gasteiger charge is 2.13. The zero-order chi connectivity index (χ0) is 16.8. The predicted molar refractivity (Wildman–Crippen MR) is 96.8 cm³/mol. The van der Waals surface area contributed by atoms with Crippen molar-refractivity contribution in [1.29, 1.82) is 0 Å². The molecule has 0 saturated heterocycles. The summed E-state index contributed by atoms with van der Waals surface area (Å²) >= 11 is 0. The van der Waals surface area contributed by atoms with Crippen LogP contribution in [0, 0.1) is 0 Å². The van der Waals surface area contributed by atoms with Gasteiger partial charge in [0.05, 0.1) is 5.69 Å². The molecule has 0 N–H and O–H groups in total. The molecule has 4 nitrogen and oxygen atoms in total. The second-order valence-corrected chi connectivity index (χ2v) is 6.13. The van der Waals surface area contributed by atoms with Gasteiger partial charge in [-0.05, 0) is 54.8 Å². The smallest absolute Gasteiger partial charge is 0.0645 e. The highest BCUT2D eigenvalue weighted by molar-refractivity contribution is 5.33. The lowest BCUT2D eigenvalue weighted by Gasteiger charge is -2.28. The Bertz CT molecular complexity index is 720. The van der Waals surface area contributed by atoms with Gasteiger partial charge in [0.1, 0.15) is 0 Å². The van der Waals surface area contributed by atoms with E-state index in [-0.39, 0.29) is 0 Å². The Hall–Kier alpha value is -2.46. The molecule has 2 aromatic heterocycles. The van der Waals surface area contributed by atoms with Crippen molar-refractivity contribution in [2.24, 2.45) is 0 Å². The van der Waals surface area contributed by atoms with E-state index in [2.05, 4.69) is 65.2 Å². The van der Waals surface area contributed by atoms with Crippen LogP contribution in [0.2, 0.25) is 0 Å². The van der Waals surface area contributed by atoms with Crippen molar-refractivity contribution in [2.75, 3.05) is 0 Å². The summed E-state index contributed by atoms with van der Waals surface area (Å²) < 4.78 is 1.88. The highest BCUT2D eigenvalue weighted by atomic mass is 15.3. The SMILES string of the molecule is CC[C@H](C)N(Cc1ccncc1)Cc1ccc(-n2cccn2)cc1. The monoisotopic (exact) mass is 320 g/mol. The van der Waals surface area contributed by atoms with Crippen LogP contribution in [0.4, 0.5) is 0 Å². The van der Waals surface area contributed by atoms with Crippen LogP contribution in [0.1, 0.15) is 31.4 Å². The van der Waals surface area contributed by atoms with Gasteiger partial charge in [0, 0.05) is 43.9 Å². The molecule has 0 unspecified atom stereocenters. The average Bonchev–Trinajstić information content (AvgIpc) is 3.16. The molecule has 0 fully saturated rings. The first-order valence-electron chi connectivity index (χ1n) is 8.48. The second kappa shape index (κ2) is 7.88. The minimum atomic E-state index is 0.531. The molecule has 0 aliphatic heterocycles. The first-order valence-corrected chi connectivity index (χ1v) is 8.48. The van der Waals surface area contributed by atoms with Gasteiger partial charge in [-0.1, -0.05) is 19.1 Å². The molecule has 124 valence electrons. The lowest BCUT2D eigenvalue weighted by atomic mass is 10.1. The van der Waals surface area contributed by atoms with Gasteiger partial charge in [0.25, 0.3) is 0 Å². The Balaban J connectivity index is 1.72. The van der Waals surface area contributed by atoms with Crippen molar-refractivity contribution in [3.8, 4) is 5.69 Å². The third-order valence-corrected chi connectivity index (χ3v) is 4.44. The molecule has 2 heterocycles. The molecule has 1 atom stereocenters. The summed E-state index contributed by atoms with van der Waals surface area (Å²) in [4.78, 5) is 6.62. The molecular formula is C20H24N4. The molecule has 0 spiro atoms. The number of hydrogen-bond acceptors (Lipinski definition) is 3. The van der Waals surface area contributed by atoms with Gasteiger partial charge < -0.3 is 0 Å². The normalized spacial score (nSPS) is 12.5. The summed E-state index contributed by atoms with van der Waals surface area (Å²) in [5.41, 5.74) is 3.71. The maximum absolute atomic E-state index is 4.27. The molecule has 24 heavy (non-hydrogen) atoms. The van der Waals surface area contributed by atoms with Gasteiger partial charge >= 0.3 is 0 Å². The molecule has 3 aromatic rings. The Labute approximate surface area is 143 Å². The van der Waals surface area contributed by atoms with E-state index in [0.29, 0.717) is 6.04 Å². The van der Waals surface area contributed by atoms with Crippen molar-refractivity contribution in [1.82, 2.24) is 19.7 Å². The van der Waals surface area contributed by atoms with E-state index in [0.717, 1.165) is 25.2 Å². The van der Waals surface area contributed by atoms with Crippen molar-refractivity contribution >= 4 is 0 Å². The quantitative estimate of drug-likeness (QED) is 0.658. The van der Waals surface area contributed by atoms with E-state index < -0.39 is 0 Å². The topological polar surface area (TPSA) is 34.0 Å². The Morgan fingerprint density at radius 2 is 1.62 bits per heavy atom. The number of pyridine rings is 1. The lowest BCUT2D eigenvalue weighted by molar-refractivity contribution is 0.186. The summed E-state index contributed by atoms with van der Waals surface area (Å²) in [7, 11) is 0. The van der Waals surface area contributed by atoms with Crippen LogP contribution in [0.3, 0.4) is 0 Å². The molecule has 0 radical (unpaired) electrons. The average molecular weight is 320 g/mol. The first-order chi connectivity index (χ1) is 11.8. The van der Waals surface area contributed by atoms with E-state index in [9.17, 15) is 0 Å². The Morgan fingerprint density at radius 1 is 0.958 bits per heavy atom. The van der Waals surface area contributed by atoms with E-state index >= 15 is 0 Å². The van der Waals surface area contributed by atoms with Gasteiger partial charge in [0.2, 0.25) is 0 Å². The Morgan fingerprint density at radius 3 is 2.21 bits per heavy atom. The van der Waals surface area contributed by atoms with Crippen LogP contribution >= 0.6 is 0 Å². The molecule has 0 amide bonds. The van der Waals surface area contributed by atoms with Gasteiger partial charge in [-0.25, -0.2) is 4.68 Å². The summed E-state index contributed by atoms with van der Waals surface area (Å²) in [6.07, 6.45) is 8.62. The van der Waals surface area contributed by atoms with Crippen LogP contribution < -0.4 is 0 Å². The Kier molecular flexibility index (Phi) is 5.39. The molecular weight excluding hydrogens is 296 g/mol. The molecule has 0 aliphatic carbocycles. The predicted octanol–water partition coefficient (Wildman–Crippen LogP) is 4.07. The van der Waals surface area contributed by atoms with E-state index in [1.165, 1.54) is 11.1 Å². The maximum atomic E-state index is 4.27. The largest absolute Gasteiger partial charge is 0.292 e. The zero-order valence-corrected chi connectivity index (χ0v) is 14.3. The number of nitrogens with zero attached hydrogens (tertiary/aromatic N) is 4. The van der Waals surface area contributed by atoms with Gasteiger partial charge in [0.15, 0.2) is 0 Å². The third-order valence-electron chi connectivity index (χ3n) is 4.44. The van der Waals surface area contributed by atoms with Gasteiger partial charge in [-0.15, -0.1) is 0 Å². The summed E-state index contributed by atoms with van der Waals surface area (Å²) in [6.45, 7) is 6.42. The molecule has 4 heteroatoms. The number of aromatic nitrogens is 3. The number of rotatable bonds is 7. The van der Waals surface area contributed by atoms with Crippen LogP contribution in [0.25, 0.3) is 5.69 Å². The molecule has 3 rings (SSSR count). The molecule has 1 aromatic carbocycles. The first kappa shape index (κ1) is 16.4. The summed E-state index contributed by atoms with van der Waals surface area (Å²) in [5.74, 6) is 0.